The topological polar surface area (TPSA) is 84.9 Å². The van der Waals surface area contributed by atoms with Crippen molar-refractivity contribution in [2.24, 2.45) is 0 Å². The number of nitrogens with one attached hydrogen (secondary N) is 1. The molecule has 0 saturated heterocycles. The number of para-hydroxylation sites is 1. The Labute approximate surface area is 163 Å². The zero-order valence-corrected chi connectivity index (χ0v) is 15.8. The van der Waals surface area contributed by atoms with Crippen LogP contribution in [0, 0.1) is 6.92 Å². The molecule has 2 aromatic rings. The average Bonchev–Trinajstić information content (AvgIpc) is 2.65. The zero-order chi connectivity index (χ0) is 19.6. The van der Waals surface area contributed by atoms with Crippen molar-refractivity contribution in [1.82, 2.24) is 5.32 Å². The molecule has 0 aliphatic heterocycles. The largest absolute Gasteiger partial charge is 0.490 e. The van der Waals surface area contributed by atoms with Crippen LogP contribution in [0.4, 0.5) is 0 Å². The SMILES string of the molecule is Cc1cc(OCCOc2ccccc2CNC(=O)CCC(=O)O)ccc1Cl. The van der Waals surface area contributed by atoms with Gasteiger partial charge >= 0.3 is 5.97 Å². The molecule has 2 N–H and O–H groups in total. The van der Waals surface area contributed by atoms with Gasteiger partial charge in [-0.05, 0) is 36.8 Å². The van der Waals surface area contributed by atoms with Gasteiger partial charge in [0.1, 0.15) is 24.7 Å². The minimum atomic E-state index is -0.996. The lowest BCUT2D eigenvalue weighted by atomic mass is 10.2. The zero-order valence-electron chi connectivity index (χ0n) is 15.0. The minimum Gasteiger partial charge on any atom is -0.490 e. The molecule has 7 heteroatoms. The van der Waals surface area contributed by atoms with Crippen LogP contribution in [-0.4, -0.2) is 30.2 Å². The fourth-order valence-electron chi connectivity index (χ4n) is 2.31. The second-order valence-electron chi connectivity index (χ2n) is 5.89. The Morgan fingerprint density at radius 1 is 1.07 bits per heavy atom. The molecule has 0 atom stereocenters. The molecule has 0 unspecified atom stereocenters. The first-order chi connectivity index (χ1) is 13.0. The van der Waals surface area contributed by atoms with E-state index in [1.54, 1.807) is 12.1 Å². The number of carboxylic acid groups (broad SMARTS) is 1. The molecule has 1 amide bonds. The number of aryl methyl sites for hydroxylation is 1. The Bertz CT molecular complexity index is 794. The summed E-state index contributed by atoms with van der Waals surface area (Å²) in [5, 5.41) is 12.0. The van der Waals surface area contributed by atoms with Gasteiger partial charge in [-0.3, -0.25) is 9.59 Å². The molecule has 0 fully saturated rings. The third-order valence-electron chi connectivity index (χ3n) is 3.75. The van der Waals surface area contributed by atoms with E-state index in [0.717, 1.165) is 16.9 Å². The molecule has 27 heavy (non-hydrogen) atoms. The molecule has 0 aromatic heterocycles. The molecule has 2 rings (SSSR count). The molecule has 0 saturated carbocycles. The molecule has 0 spiro atoms. The van der Waals surface area contributed by atoms with Gasteiger partial charge in [0, 0.05) is 23.6 Å². The van der Waals surface area contributed by atoms with Crippen molar-refractivity contribution in [3.63, 3.8) is 0 Å². The quantitative estimate of drug-likeness (QED) is 0.604. The first-order valence-electron chi connectivity index (χ1n) is 8.54. The number of ether oxygens (including phenoxy) is 2. The van der Waals surface area contributed by atoms with Crippen molar-refractivity contribution < 1.29 is 24.2 Å². The number of hydrogen-bond acceptors (Lipinski definition) is 4. The van der Waals surface area contributed by atoms with E-state index in [4.69, 9.17) is 26.2 Å². The predicted molar refractivity (Wildman–Crippen MR) is 102 cm³/mol. The number of rotatable bonds is 10. The number of carboxylic acids is 1. The van der Waals surface area contributed by atoms with E-state index < -0.39 is 5.97 Å². The lowest BCUT2D eigenvalue weighted by Gasteiger charge is -2.13. The van der Waals surface area contributed by atoms with Gasteiger partial charge in [0.2, 0.25) is 5.91 Å². The van der Waals surface area contributed by atoms with Gasteiger partial charge in [-0.25, -0.2) is 0 Å². The fourth-order valence-corrected chi connectivity index (χ4v) is 2.43. The summed E-state index contributed by atoms with van der Waals surface area (Å²) >= 11 is 5.99. The number of benzene rings is 2. The highest BCUT2D eigenvalue weighted by atomic mass is 35.5. The van der Waals surface area contributed by atoms with E-state index in [0.29, 0.717) is 24.0 Å². The summed E-state index contributed by atoms with van der Waals surface area (Å²) in [6.45, 7) is 2.88. The van der Waals surface area contributed by atoms with Crippen LogP contribution in [0.5, 0.6) is 11.5 Å². The average molecular weight is 392 g/mol. The van der Waals surface area contributed by atoms with E-state index in [2.05, 4.69) is 5.32 Å². The summed E-state index contributed by atoms with van der Waals surface area (Å²) in [5.41, 5.74) is 1.75. The lowest BCUT2D eigenvalue weighted by Crippen LogP contribution is -2.23. The summed E-state index contributed by atoms with van der Waals surface area (Å²) in [4.78, 5) is 22.2. The van der Waals surface area contributed by atoms with Gasteiger partial charge in [0.05, 0.1) is 6.42 Å². The van der Waals surface area contributed by atoms with Crippen molar-refractivity contribution in [3.8, 4) is 11.5 Å². The van der Waals surface area contributed by atoms with E-state index in [1.807, 2.05) is 37.3 Å². The van der Waals surface area contributed by atoms with Crippen LogP contribution in [-0.2, 0) is 16.1 Å². The van der Waals surface area contributed by atoms with E-state index in [1.165, 1.54) is 0 Å². The maximum atomic E-state index is 11.7. The summed E-state index contributed by atoms with van der Waals surface area (Å²) in [7, 11) is 0. The smallest absolute Gasteiger partial charge is 0.303 e. The number of hydrogen-bond donors (Lipinski definition) is 2. The Morgan fingerprint density at radius 3 is 2.56 bits per heavy atom. The van der Waals surface area contributed by atoms with Crippen molar-refractivity contribution in [2.45, 2.75) is 26.3 Å². The fraction of sp³-hybridized carbons (Fsp3) is 0.300. The molecule has 0 aliphatic rings. The molecular formula is C20H22ClNO5. The number of halogens is 1. The Balaban J connectivity index is 1.80. The van der Waals surface area contributed by atoms with Crippen LogP contribution in [0.25, 0.3) is 0 Å². The molecule has 2 aromatic carbocycles. The summed E-state index contributed by atoms with van der Waals surface area (Å²) < 4.78 is 11.4. The molecule has 0 heterocycles. The monoisotopic (exact) mass is 391 g/mol. The van der Waals surface area contributed by atoms with Gasteiger partial charge < -0.3 is 19.9 Å². The molecule has 6 nitrogen and oxygen atoms in total. The van der Waals surface area contributed by atoms with Crippen molar-refractivity contribution in [2.75, 3.05) is 13.2 Å². The molecule has 144 valence electrons. The Hall–Kier alpha value is -2.73. The third kappa shape index (κ3) is 7.19. The summed E-state index contributed by atoms with van der Waals surface area (Å²) in [5.74, 6) is 0.0600. The number of amides is 1. The van der Waals surface area contributed by atoms with Crippen molar-refractivity contribution in [1.29, 1.82) is 0 Å². The third-order valence-corrected chi connectivity index (χ3v) is 4.18. The van der Waals surface area contributed by atoms with Gasteiger partial charge in [-0.15, -0.1) is 0 Å². The van der Waals surface area contributed by atoms with E-state index >= 15 is 0 Å². The highest BCUT2D eigenvalue weighted by molar-refractivity contribution is 6.31. The van der Waals surface area contributed by atoms with Crippen LogP contribution in [0.1, 0.15) is 24.0 Å². The van der Waals surface area contributed by atoms with Gasteiger partial charge in [0.15, 0.2) is 0 Å². The maximum Gasteiger partial charge on any atom is 0.303 e. The van der Waals surface area contributed by atoms with Crippen LogP contribution in [0.15, 0.2) is 42.5 Å². The first-order valence-corrected chi connectivity index (χ1v) is 8.91. The predicted octanol–water partition coefficient (Wildman–Crippen LogP) is 3.59. The molecule has 0 bridgehead atoms. The van der Waals surface area contributed by atoms with Crippen LogP contribution >= 0.6 is 11.6 Å². The number of carbonyl (C=O) groups is 2. The number of carbonyl (C=O) groups excluding carboxylic acids is 1. The standard InChI is InChI=1S/C20H22ClNO5/c1-14-12-16(6-7-17(14)21)26-10-11-27-18-5-3-2-4-15(18)13-22-19(23)8-9-20(24)25/h2-7,12H,8-11,13H2,1H3,(H,22,23)(H,24,25). The Kier molecular flexibility index (Phi) is 7.95. The van der Waals surface area contributed by atoms with Gasteiger partial charge in [-0.2, -0.15) is 0 Å². The lowest BCUT2D eigenvalue weighted by molar-refractivity contribution is -0.138. The number of aliphatic carboxylic acids is 1. The van der Waals surface area contributed by atoms with Crippen LogP contribution in [0.2, 0.25) is 5.02 Å². The molecule has 0 radical (unpaired) electrons. The molecular weight excluding hydrogens is 370 g/mol. The van der Waals surface area contributed by atoms with Gasteiger partial charge in [-0.1, -0.05) is 29.8 Å². The maximum absolute atomic E-state index is 11.7. The minimum absolute atomic E-state index is 0.0489. The van der Waals surface area contributed by atoms with E-state index in [-0.39, 0.29) is 25.3 Å². The van der Waals surface area contributed by atoms with Crippen LogP contribution in [0.3, 0.4) is 0 Å². The summed E-state index contributed by atoms with van der Waals surface area (Å²) in [6, 6.07) is 12.8. The van der Waals surface area contributed by atoms with Crippen molar-refractivity contribution >= 4 is 23.5 Å². The second kappa shape index (κ2) is 10.4. The normalized spacial score (nSPS) is 10.3. The highest BCUT2D eigenvalue weighted by Crippen LogP contribution is 2.21. The van der Waals surface area contributed by atoms with E-state index in [9.17, 15) is 9.59 Å². The van der Waals surface area contributed by atoms with Crippen molar-refractivity contribution in [3.05, 3.63) is 58.6 Å². The van der Waals surface area contributed by atoms with Gasteiger partial charge in [0.25, 0.3) is 0 Å². The first kappa shape index (κ1) is 20.6. The molecule has 0 aliphatic carbocycles. The second-order valence-corrected chi connectivity index (χ2v) is 6.29. The summed E-state index contributed by atoms with van der Waals surface area (Å²) in [6.07, 6.45) is -0.238. The highest BCUT2D eigenvalue weighted by Gasteiger charge is 2.08. The Morgan fingerprint density at radius 2 is 1.81 bits per heavy atom. The van der Waals surface area contributed by atoms with Crippen LogP contribution < -0.4 is 14.8 Å².